The van der Waals surface area contributed by atoms with Crippen molar-refractivity contribution in [3.8, 4) is 0 Å². The lowest BCUT2D eigenvalue weighted by Gasteiger charge is -2.22. The fourth-order valence-electron chi connectivity index (χ4n) is 1.75. The van der Waals surface area contributed by atoms with E-state index in [0.717, 1.165) is 19.5 Å². The lowest BCUT2D eigenvalue weighted by Crippen LogP contribution is -2.43. The summed E-state index contributed by atoms with van der Waals surface area (Å²) in [6, 6.07) is 0.551. The largest absolute Gasteiger partial charge is 0.358 e. The smallest absolute Gasteiger partial charge is 0.236 e. The minimum atomic E-state index is 0.00310. The van der Waals surface area contributed by atoms with Crippen molar-refractivity contribution >= 4 is 5.91 Å². The minimum Gasteiger partial charge on any atom is -0.358 e. The van der Waals surface area contributed by atoms with E-state index in [9.17, 15) is 4.79 Å². The van der Waals surface area contributed by atoms with Gasteiger partial charge >= 0.3 is 0 Å². The van der Waals surface area contributed by atoms with Gasteiger partial charge in [0.1, 0.15) is 0 Å². The molecule has 0 radical (unpaired) electrons. The highest BCUT2D eigenvalue weighted by Gasteiger charge is 2.27. The molecule has 0 spiro atoms. The number of nitrogens with zero attached hydrogens (tertiary/aromatic N) is 1. The molecule has 1 heterocycles. The SMILES string of the molecule is CNC(=O)C(C)N1CCC(NC)C1. The van der Waals surface area contributed by atoms with Crippen LogP contribution in [-0.4, -0.2) is 50.1 Å². The molecule has 2 unspecified atom stereocenters. The molecule has 1 saturated heterocycles. The Balaban J connectivity index is 2.41. The maximum absolute atomic E-state index is 11.3. The first-order chi connectivity index (χ1) is 6.19. The van der Waals surface area contributed by atoms with Gasteiger partial charge in [0.15, 0.2) is 0 Å². The first-order valence-electron chi connectivity index (χ1n) is 4.82. The summed E-state index contributed by atoms with van der Waals surface area (Å²) < 4.78 is 0. The lowest BCUT2D eigenvalue weighted by molar-refractivity contribution is -0.125. The Morgan fingerprint density at radius 2 is 2.23 bits per heavy atom. The normalized spacial score (nSPS) is 25.9. The van der Waals surface area contributed by atoms with Crippen molar-refractivity contribution in [3.63, 3.8) is 0 Å². The standard InChI is InChI=1S/C9H19N3O/c1-7(9(13)11-3)12-5-4-8(6-12)10-2/h7-8,10H,4-6H2,1-3H3,(H,11,13). The Labute approximate surface area is 79.7 Å². The highest BCUT2D eigenvalue weighted by atomic mass is 16.2. The summed E-state index contributed by atoms with van der Waals surface area (Å²) in [4.78, 5) is 13.5. The first-order valence-corrected chi connectivity index (χ1v) is 4.82. The van der Waals surface area contributed by atoms with Gasteiger partial charge in [0, 0.05) is 26.2 Å². The molecule has 1 aliphatic heterocycles. The molecule has 4 nitrogen and oxygen atoms in total. The molecule has 13 heavy (non-hydrogen) atoms. The summed E-state index contributed by atoms with van der Waals surface area (Å²) in [7, 11) is 3.66. The summed E-state index contributed by atoms with van der Waals surface area (Å²) in [5.41, 5.74) is 0. The van der Waals surface area contributed by atoms with E-state index >= 15 is 0 Å². The molecule has 1 amide bonds. The van der Waals surface area contributed by atoms with E-state index in [4.69, 9.17) is 0 Å². The lowest BCUT2D eigenvalue weighted by atomic mass is 10.2. The second-order valence-electron chi connectivity index (χ2n) is 3.56. The van der Waals surface area contributed by atoms with Gasteiger partial charge in [0.2, 0.25) is 5.91 Å². The van der Waals surface area contributed by atoms with Crippen LogP contribution in [0.25, 0.3) is 0 Å². The fraction of sp³-hybridized carbons (Fsp3) is 0.889. The van der Waals surface area contributed by atoms with Crippen LogP contribution in [0.5, 0.6) is 0 Å². The van der Waals surface area contributed by atoms with Crippen LogP contribution in [0.15, 0.2) is 0 Å². The molecule has 76 valence electrons. The maximum Gasteiger partial charge on any atom is 0.236 e. The molecule has 0 bridgehead atoms. The number of likely N-dealkylation sites (N-methyl/N-ethyl adjacent to an activating group) is 2. The second-order valence-corrected chi connectivity index (χ2v) is 3.56. The van der Waals surface area contributed by atoms with Crippen LogP contribution in [0, 0.1) is 0 Å². The van der Waals surface area contributed by atoms with Crippen LogP contribution in [-0.2, 0) is 4.79 Å². The van der Waals surface area contributed by atoms with E-state index < -0.39 is 0 Å². The Kier molecular flexibility index (Phi) is 3.69. The Morgan fingerprint density at radius 1 is 1.54 bits per heavy atom. The van der Waals surface area contributed by atoms with E-state index in [0.29, 0.717) is 6.04 Å². The Hall–Kier alpha value is -0.610. The Morgan fingerprint density at radius 3 is 2.69 bits per heavy atom. The van der Waals surface area contributed by atoms with Crippen LogP contribution in [0.4, 0.5) is 0 Å². The highest BCUT2D eigenvalue weighted by molar-refractivity contribution is 5.80. The molecule has 2 N–H and O–H groups in total. The zero-order valence-corrected chi connectivity index (χ0v) is 8.63. The maximum atomic E-state index is 11.3. The number of rotatable bonds is 3. The van der Waals surface area contributed by atoms with Crippen LogP contribution < -0.4 is 10.6 Å². The van der Waals surface area contributed by atoms with Crippen molar-refractivity contribution in [3.05, 3.63) is 0 Å². The zero-order valence-electron chi connectivity index (χ0n) is 8.63. The Bertz CT molecular complexity index is 184. The zero-order chi connectivity index (χ0) is 9.84. The van der Waals surface area contributed by atoms with Gasteiger partial charge in [0.05, 0.1) is 6.04 Å². The first kappa shape index (κ1) is 10.5. The molecule has 0 aromatic carbocycles. The van der Waals surface area contributed by atoms with Gasteiger partial charge in [-0.05, 0) is 20.4 Å². The van der Waals surface area contributed by atoms with E-state index in [1.165, 1.54) is 0 Å². The summed E-state index contributed by atoms with van der Waals surface area (Å²) >= 11 is 0. The number of carbonyl (C=O) groups is 1. The monoisotopic (exact) mass is 185 g/mol. The summed E-state index contributed by atoms with van der Waals surface area (Å²) in [5.74, 6) is 0.108. The highest BCUT2D eigenvalue weighted by Crippen LogP contribution is 2.12. The van der Waals surface area contributed by atoms with Crippen molar-refractivity contribution in [2.75, 3.05) is 27.2 Å². The third-order valence-corrected chi connectivity index (χ3v) is 2.80. The molecule has 0 aromatic heterocycles. The van der Waals surface area contributed by atoms with Crippen LogP contribution in [0.1, 0.15) is 13.3 Å². The van der Waals surface area contributed by atoms with Crippen molar-refractivity contribution in [1.29, 1.82) is 0 Å². The molecule has 0 saturated carbocycles. The number of hydrogen-bond acceptors (Lipinski definition) is 3. The van der Waals surface area contributed by atoms with Crippen molar-refractivity contribution in [1.82, 2.24) is 15.5 Å². The molecule has 1 rings (SSSR count). The molecule has 2 atom stereocenters. The van der Waals surface area contributed by atoms with Gasteiger partial charge in [-0.2, -0.15) is 0 Å². The van der Waals surface area contributed by atoms with Gasteiger partial charge in [-0.15, -0.1) is 0 Å². The van der Waals surface area contributed by atoms with Crippen molar-refractivity contribution in [2.24, 2.45) is 0 Å². The molecule has 1 aliphatic rings. The number of nitrogens with one attached hydrogen (secondary N) is 2. The second kappa shape index (κ2) is 4.58. The van der Waals surface area contributed by atoms with Crippen LogP contribution in [0.3, 0.4) is 0 Å². The average molecular weight is 185 g/mol. The van der Waals surface area contributed by atoms with Gasteiger partial charge in [-0.25, -0.2) is 0 Å². The number of carbonyl (C=O) groups excluding carboxylic acids is 1. The number of hydrogen-bond donors (Lipinski definition) is 2. The number of amides is 1. The molecular formula is C9H19N3O. The number of likely N-dealkylation sites (tertiary alicyclic amines) is 1. The van der Waals surface area contributed by atoms with E-state index in [1.54, 1.807) is 7.05 Å². The van der Waals surface area contributed by atoms with Crippen LogP contribution in [0.2, 0.25) is 0 Å². The van der Waals surface area contributed by atoms with Crippen molar-refractivity contribution < 1.29 is 4.79 Å². The van der Waals surface area contributed by atoms with Gasteiger partial charge in [-0.3, -0.25) is 9.69 Å². The van der Waals surface area contributed by atoms with Gasteiger partial charge < -0.3 is 10.6 Å². The molecule has 0 aliphatic carbocycles. The molecule has 0 aromatic rings. The van der Waals surface area contributed by atoms with E-state index in [2.05, 4.69) is 15.5 Å². The minimum absolute atomic E-state index is 0.00310. The van der Waals surface area contributed by atoms with Crippen molar-refractivity contribution in [2.45, 2.75) is 25.4 Å². The predicted molar refractivity (Wildman–Crippen MR) is 52.6 cm³/mol. The quantitative estimate of drug-likeness (QED) is 0.618. The summed E-state index contributed by atoms with van der Waals surface area (Å²) in [6.45, 7) is 3.95. The average Bonchev–Trinajstić information content (AvgIpc) is 2.63. The van der Waals surface area contributed by atoms with Gasteiger partial charge in [0.25, 0.3) is 0 Å². The molecule has 1 fully saturated rings. The third-order valence-electron chi connectivity index (χ3n) is 2.80. The predicted octanol–water partition coefficient (Wildman–Crippen LogP) is -0.585. The van der Waals surface area contributed by atoms with E-state index in [-0.39, 0.29) is 11.9 Å². The van der Waals surface area contributed by atoms with Crippen LogP contribution >= 0.6 is 0 Å². The van der Waals surface area contributed by atoms with Gasteiger partial charge in [-0.1, -0.05) is 0 Å². The van der Waals surface area contributed by atoms with E-state index in [1.807, 2.05) is 14.0 Å². The third kappa shape index (κ3) is 2.42. The summed E-state index contributed by atoms with van der Waals surface area (Å²) in [6.07, 6.45) is 1.14. The summed E-state index contributed by atoms with van der Waals surface area (Å²) in [5, 5.41) is 5.91. The molecule has 4 heteroatoms. The fourth-order valence-corrected chi connectivity index (χ4v) is 1.75. The topological polar surface area (TPSA) is 44.4 Å². The molecular weight excluding hydrogens is 166 g/mol.